The summed E-state index contributed by atoms with van der Waals surface area (Å²) in [6.07, 6.45) is 0. The van der Waals surface area contributed by atoms with E-state index in [9.17, 15) is 19.2 Å². The molecule has 0 aliphatic heterocycles. The fraction of sp³-hybridized carbons (Fsp3) is 0.161. The van der Waals surface area contributed by atoms with Crippen LogP contribution in [-0.4, -0.2) is 44.7 Å². The van der Waals surface area contributed by atoms with Gasteiger partial charge in [-0.25, -0.2) is 19.0 Å². The van der Waals surface area contributed by atoms with E-state index in [2.05, 4.69) is 10.2 Å². The van der Waals surface area contributed by atoms with Crippen molar-refractivity contribution in [1.29, 1.82) is 0 Å². The second-order valence-electron chi connectivity index (χ2n) is 9.18. The van der Waals surface area contributed by atoms with Crippen LogP contribution in [0.5, 0.6) is 0 Å². The van der Waals surface area contributed by atoms with Crippen LogP contribution in [0.1, 0.15) is 57.4 Å². The molecule has 0 radical (unpaired) electrons. The van der Waals surface area contributed by atoms with Crippen LogP contribution < -0.4 is 11.1 Å². The molecule has 0 fully saturated rings. The summed E-state index contributed by atoms with van der Waals surface area (Å²) in [6, 6.07) is 23.8. The molecular formula is C31H27ClN4O6. The molecule has 0 aliphatic carbocycles. The maximum atomic E-state index is 14.2. The lowest BCUT2D eigenvalue weighted by Gasteiger charge is -2.17. The Morgan fingerprint density at radius 1 is 0.714 bits per heavy atom. The van der Waals surface area contributed by atoms with Gasteiger partial charge in [0.2, 0.25) is 0 Å². The van der Waals surface area contributed by atoms with E-state index in [1.54, 1.807) is 98.8 Å². The van der Waals surface area contributed by atoms with Crippen LogP contribution in [0, 0.1) is 0 Å². The number of halogens is 1. The first kappa shape index (κ1) is 28.4. The molecule has 0 atom stereocenters. The van der Waals surface area contributed by atoms with E-state index in [-0.39, 0.29) is 35.7 Å². The molecule has 0 amide bonds. The molecule has 0 saturated heterocycles. The number of aromatic nitrogens is 4. The topological polar surface area (TPSA) is 128 Å². The molecule has 0 spiro atoms. The van der Waals surface area contributed by atoms with Gasteiger partial charge in [0.25, 0.3) is 11.1 Å². The van der Waals surface area contributed by atoms with Crippen molar-refractivity contribution < 1.29 is 19.1 Å². The number of esters is 2. The molecule has 42 heavy (non-hydrogen) atoms. The van der Waals surface area contributed by atoms with Gasteiger partial charge in [0.1, 0.15) is 0 Å². The lowest BCUT2D eigenvalue weighted by Crippen LogP contribution is -2.27. The Hall–Kier alpha value is -5.09. The maximum absolute atomic E-state index is 14.2. The number of para-hydroxylation sites is 2. The van der Waals surface area contributed by atoms with E-state index >= 15 is 0 Å². The zero-order chi connectivity index (χ0) is 29.8. The second kappa shape index (κ2) is 12.2. The van der Waals surface area contributed by atoms with Crippen molar-refractivity contribution in [2.24, 2.45) is 0 Å². The van der Waals surface area contributed by atoms with E-state index in [0.29, 0.717) is 22.0 Å². The second-order valence-corrected chi connectivity index (χ2v) is 9.62. The summed E-state index contributed by atoms with van der Waals surface area (Å²) in [4.78, 5) is 55.1. The van der Waals surface area contributed by atoms with Gasteiger partial charge in [0.05, 0.1) is 35.7 Å². The molecule has 2 aromatic heterocycles. The number of hydrogen-bond donors (Lipinski definition) is 2. The Bertz CT molecular complexity index is 1740. The Morgan fingerprint density at radius 3 is 1.57 bits per heavy atom. The molecule has 0 aliphatic rings. The number of benzene rings is 3. The van der Waals surface area contributed by atoms with E-state index in [0.717, 1.165) is 0 Å². The number of ether oxygens (including phenoxy) is 2. The number of H-pyrrole nitrogens is 2. The molecule has 2 heterocycles. The fourth-order valence-corrected chi connectivity index (χ4v) is 5.03. The van der Waals surface area contributed by atoms with Crippen LogP contribution in [-0.2, 0) is 9.47 Å². The third-order valence-corrected chi connectivity index (χ3v) is 6.84. The molecule has 10 nitrogen and oxygen atoms in total. The van der Waals surface area contributed by atoms with E-state index in [4.69, 9.17) is 21.1 Å². The van der Waals surface area contributed by atoms with Crippen molar-refractivity contribution in [3.63, 3.8) is 0 Å². The molecule has 5 aromatic rings. The Balaban J connectivity index is 1.89. The average molecular weight is 587 g/mol. The predicted molar refractivity (Wildman–Crippen MR) is 157 cm³/mol. The number of aromatic amines is 2. The maximum Gasteiger partial charge on any atom is 0.356 e. The van der Waals surface area contributed by atoms with Crippen LogP contribution in [0.4, 0.5) is 0 Å². The average Bonchev–Trinajstić information content (AvgIpc) is 3.52. The zero-order valence-corrected chi connectivity index (χ0v) is 23.6. The third-order valence-electron chi connectivity index (χ3n) is 6.60. The molecular weight excluding hydrogens is 560 g/mol. The van der Waals surface area contributed by atoms with Gasteiger partial charge in [0, 0.05) is 10.9 Å². The van der Waals surface area contributed by atoms with Crippen LogP contribution >= 0.6 is 11.6 Å². The van der Waals surface area contributed by atoms with Gasteiger partial charge in [-0.15, -0.1) is 0 Å². The minimum absolute atomic E-state index is 0.0394. The highest BCUT2D eigenvalue weighted by molar-refractivity contribution is 6.30. The van der Waals surface area contributed by atoms with E-state index in [1.165, 1.54) is 9.36 Å². The van der Waals surface area contributed by atoms with Gasteiger partial charge in [0.15, 0.2) is 11.4 Å². The van der Waals surface area contributed by atoms with Gasteiger partial charge < -0.3 is 9.47 Å². The minimum Gasteiger partial charge on any atom is -0.461 e. The third kappa shape index (κ3) is 5.31. The smallest absolute Gasteiger partial charge is 0.356 e. The van der Waals surface area contributed by atoms with Gasteiger partial charge >= 0.3 is 11.9 Å². The normalized spacial score (nSPS) is 11.0. The number of carbonyl (C=O) groups excluding carboxylic acids is 2. The number of rotatable bonds is 9. The van der Waals surface area contributed by atoms with Gasteiger partial charge in [-0.2, -0.15) is 0 Å². The molecule has 0 unspecified atom stereocenters. The van der Waals surface area contributed by atoms with E-state index < -0.39 is 29.0 Å². The van der Waals surface area contributed by atoms with Crippen molar-refractivity contribution >= 4 is 23.5 Å². The van der Waals surface area contributed by atoms with Crippen molar-refractivity contribution in [2.45, 2.75) is 19.8 Å². The number of nitrogens with one attached hydrogen (secondary N) is 2. The van der Waals surface area contributed by atoms with E-state index in [1.807, 2.05) is 0 Å². The molecule has 3 aromatic carbocycles. The first-order chi connectivity index (χ1) is 20.3. The SMILES string of the molecule is CCOC(=O)c1[nH]n(-c2ccccc2)c(=O)c1C(c1cccc(Cl)c1)c1c(C(=O)OCC)[nH]n(-c2ccccc2)c1=O. The quantitative estimate of drug-likeness (QED) is 0.238. The largest absolute Gasteiger partial charge is 0.461 e. The van der Waals surface area contributed by atoms with Gasteiger partial charge in [-0.05, 0) is 55.8 Å². The van der Waals surface area contributed by atoms with Crippen LogP contribution in [0.25, 0.3) is 11.4 Å². The highest BCUT2D eigenvalue weighted by Gasteiger charge is 2.37. The Labute approximate surface area is 245 Å². The van der Waals surface area contributed by atoms with Crippen molar-refractivity contribution in [3.05, 3.63) is 139 Å². The van der Waals surface area contributed by atoms with Gasteiger partial charge in [-0.1, -0.05) is 60.1 Å². The standard InChI is InChI=1S/C31H27ClN4O6/c1-3-41-30(39)26-24(28(37)35(33-26)21-14-7-5-8-15-21)23(19-12-11-13-20(32)18-19)25-27(31(40)42-4-2)34-36(29(25)38)22-16-9-6-10-17-22/h5-18,23,33-34H,3-4H2,1-2H3. The Kier molecular flexibility index (Phi) is 8.26. The molecule has 0 saturated carbocycles. The molecule has 11 heteroatoms. The summed E-state index contributed by atoms with van der Waals surface area (Å²) < 4.78 is 13.0. The lowest BCUT2D eigenvalue weighted by molar-refractivity contribution is 0.0510. The van der Waals surface area contributed by atoms with Crippen molar-refractivity contribution in [3.8, 4) is 11.4 Å². The van der Waals surface area contributed by atoms with Crippen LogP contribution in [0.2, 0.25) is 5.02 Å². The first-order valence-corrected chi connectivity index (χ1v) is 13.6. The van der Waals surface area contributed by atoms with Crippen molar-refractivity contribution in [1.82, 2.24) is 19.6 Å². The summed E-state index contributed by atoms with van der Waals surface area (Å²) in [6.45, 7) is 3.36. The summed E-state index contributed by atoms with van der Waals surface area (Å²) in [7, 11) is 0. The molecule has 0 bridgehead atoms. The minimum atomic E-state index is -1.23. The summed E-state index contributed by atoms with van der Waals surface area (Å²) in [5.41, 5.74) is -0.466. The van der Waals surface area contributed by atoms with Gasteiger partial charge in [-0.3, -0.25) is 19.8 Å². The summed E-state index contributed by atoms with van der Waals surface area (Å²) >= 11 is 6.38. The number of hydrogen-bond acceptors (Lipinski definition) is 6. The summed E-state index contributed by atoms with van der Waals surface area (Å²) in [5, 5.41) is 6.08. The zero-order valence-electron chi connectivity index (χ0n) is 22.8. The molecule has 5 rings (SSSR count). The molecule has 2 N–H and O–H groups in total. The monoisotopic (exact) mass is 586 g/mol. The number of nitrogens with zero attached hydrogens (tertiary/aromatic N) is 2. The predicted octanol–water partition coefficient (Wildman–Crippen LogP) is 4.83. The lowest BCUT2D eigenvalue weighted by atomic mass is 9.85. The highest BCUT2D eigenvalue weighted by atomic mass is 35.5. The Morgan fingerprint density at radius 2 is 1.17 bits per heavy atom. The summed E-state index contributed by atoms with van der Waals surface area (Å²) in [5.74, 6) is -2.84. The van der Waals surface area contributed by atoms with Crippen LogP contribution in [0.15, 0.2) is 94.5 Å². The number of carbonyl (C=O) groups is 2. The highest BCUT2D eigenvalue weighted by Crippen LogP contribution is 2.34. The van der Waals surface area contributed by atoms with Crippen molar-refractivity contribution in [2.75, 3.05) is 13.2 Å². The van der Waals surface area contributed by atoms with Crippen LogP contribution in [0.3, 0.4) is 0 Å². The fourth-order valence-electron chi connectivity index (χ4n) is 4.84. The first-order valence-electron chi connectivity index (χ1n) is 13.3. The molecule has 214 valence electrons.